The van der Waals surface area contributed by atoms with Gasteiger partial charge in [-0.05, 0) is 44.4 Å². The molecule has 3 aromatic rings. The zero-order valence-electron chi connectivity index (χ0n) is 17.5. The monoisotopic (exact) mass is 448 g/mol. The fraction of sp³-hybridized carbons (Fsp3) is 0.550. The highest BCUT2D eigenvalue weighted by Gasteiger charge is 2.26. The molecule has 1 aliphatic rings. The molecule has 8 nitrogen and oxygen atoms in total. The molecule has 1 aromatic carbocycles. The molecule has 1 aliphatic heterocycles. The van der Waals surface area contributed by atoms with Crippen LogP contribution < -0.4 is 0 Å². The van der Waals surface area contributed by atoms with Gasteiger partial charge in [0, 0.05) is 26.1 Å². The molecule has 4 rings (SSSR count). The Labute approximate surface area is 181 Å². The molecular formula is C20H28N6O2S2. The van der Waals surface area contributed by atoms with Crippen molar-refractivity contribution in [3.05, 3.63) is 29.8 Å². The highest BCUT2D eigenvalue weighted by Crippen LogP contribution is 2.27. The van der Waals surface area contributed by atoms with Crippen molar-refractivity contribution in [2.24, 2.45) is 0 Å². The molecule has 162 valence electrons. The molecule has 10 heteroatoms. The Morgan fingerprint density at radius 3 is 2.67 bits per heavy atom. The van der Waals surface area contributed by atoms with Crippen LogP contribution in [0.15, 0.2) is 28.3 Å². The first-order valence-electron chi connectivity index (χ1n) is 10.6. The van der Waals surface area contributed by atoms with E-state index in [2.05, 4.69) is 33.6 Å². The van der Waals surface area contributed by atoms with Crippen molar-refractivity contribution in [3.8, 4) is 0 Å². The van der Waals surface area contributed by atoms with E-state index in [1.165, 1.54) is 11.8 Å². The maximum absolute atomic E-state index is 13.0. The summed E-state index contributed by atoms with van der Waals surface area (Å²) >= 11 is 1.53. The quantitative estimate of drug-likeness (QED) is 0.529. The number of benzene rings is 1. The van der Waals surface area contributed by atoms with Crippen LogP contribution in [0.1, 0.15) is 51.2 Å². The van der Waals surface area contributed by atoms with Crippen LogP contribution >= 0.6 is 11.8 Å². The number of rotatable bonds is 8. The van der Waals surface area contributed by atoms with Gasteiger partial charge in [-0.15, -0.1) is 5.10 Å². The third-order valence-electron chi connectivity index (χ3n) is 5.40. The second kappa shape index (κ2) is 9.07. The summed E-state index contributed by atoms with van der Waals surface area (Å²) < 4.78 is 29.8. The Kier molecular flexibility index (Phi) is 6.45. The molecule has 30 heavy (non-hydrogen) atoms. The van der Waals surface area contributed by atoms with Gasteiger partial charge in [-0.1, -0.05) is 25.1 Å². The van der Waals surface area contributed by atoms with Crippen molar-refractivity contribution in [2.45, 2.75) is 68.3 Å². The molecular weight excluding hydrogens is 420 g/mol. The summed E-state index contributed by atoms with van der Waals surface area (Å²) in [5, 5.41) is 7.95. The lowest BCUT2D eigenvalue weighted by Gasteiger charge is -2.25. The van der Waals surface area contributed by atoms with Crippen molar-refractivity contribution in [3.63, 3.8) is 0 Å². The van der Waals surface area contributed by atoms with Crippen molar-refractivity contribution in [1.29, 1.82) is 0 Å². The number of hydrogen-bond acceptors (Lipinski definition) is 6. The lowest BCUT2D eigenvalue weighted by Crippen LogP contribution is -2.35. The normalized spacial score (nSPS) is 15.8. The Hall–Kier alpha value is -1.91. The molecule has 0 aliphatic carbocycles. The van der Waals surface area contributed by atoms with Crippen molar-refractivity contribution < 1.29 is 8.42 Å². The number of piperidine rings is 1. The van der Waals surface area contributed by atoms with Gasteiger partial charge in [0.25, 0.3) is 0 Å². The maximum Gasteiger partial charge on any atom is 0.243 e. The summed E-state index contributed by atoms with van der Waals surface area (Å²) in [6, 6.07) is 5.30. The lowest BCUT2D eigenvalue weighted by molar-refractivity contribution is 0.346. The zero-order chi connectivity index (χ0) is 21.1. The Bertz CT molecular complexity index is 1120. The summed E-state index contributed by atoms with van der Waals surface area (Å²) in [6.07, 6.45) is 4.85. The maximum atomic E-state index is 13.0. The third-order valence-corrected chi connectivity index (χ3v) is 8.13. The third kappa shape index (κ3) is 4.26. The minimum atomic E-state index is -3.47. The molecule has 0 saturated carbocycles. The number of fused-ring (bicyclic) bond motifs is 1. The fourth-order valence-corrected chi connectivity index (χ4v) is 6.16. The van der Waals surface area contributed by atoms with Crippen LogP contribution in [-0.4, -0.2) is 50.5 Å². The summed E-state index contributed by atoms with van der Waals surface area (Å²) in [7, 11) is -3.47. The molecule has 0 unspecified atom stereocenters. The van der Waals surface area contributed by atoms with E-state index in [4.69, 9.17) is 4.98 Å². The number of nitrogens with zero attached hydrogens (tertiary/aromatic N) is 5. The molecule has 0 spiro atoms. The van der Waals surface area contributed by atoms with E-state index in [1.54, 1.807) is 16.4 Å². The molecule has 0 atom stereocenters. The first-order valence-corrected chi connectivity index (χ1v) is 13.0. The molecule has 3 heterocycles. The van der Waals surface area contributed by atoms with Gasteiger partial charge < -0.3 is 4.57 Å². The van der Waals surface area contributed by atoms with Crippen LogP contribution in [0, 0.1) is 0 Å². The van der Waals surface area contributed by atoms with E-state index in [0.29, 0.717) is 34.4 Å². The van der Waals surface area contributed by atoms with Gasteiger partial charge in [-0.25, -0.2) is 18.4 Å². The zero-order valence-corrected chi connectivity index (χ0v) is 19.1. The molecule has 1 fully saturated rings. The van der Waals surface area contributed by atoms with E-state index in [0.717, 1.165) is 55.8 Å². The number of aromatic amines is 1. The van der Waals surface area contributed by atoms with Crippen LogP contribution in [0.4, 0.5) is 0 Å². The number of thioether (sulfide) groups is 1. The summed E-state index contributed by atoms with van der Waals surface area (Å²) in [6.45, 7) is 6.14. The van der Waals surface area contributed by atoms with Gasteiger partial charge in [-0.3, -0.25) is 5.10 Å². The molecule has 0 radical (unpaired) electrons. The van der Waals surface area contributed by atoms with Gasteiger partial charge in [-0.2, -0.15) is 4.31 Å². The van der Waals surface area contributed by atoms with E-state index in [1.807, 2.05) is 6.07 Å². The minimum absolute atomic E-state index is 0.329. The Balaban J connectivity index is 1.58. The first-order chi connectivity index (χ1) is 14.5. The first kappa shape index (κ1) is 21.3. The van der Waals surface area contributed by atoms with Crippen molar-refractivity contribution in [1.82, 2.24) is 29.0 Å². The van der Waals surface area contributed by atoms with Crippen LogP contribution in [-0.2, 0) is 28.7 Å². The summed E-state index contributed by atoms with van der Waals surface area (Å²) in [4.78, 5) is 9.58. The highest BCUT2D eigenvalue weighted by atomic mass is 32.2. The Morgan fingerprint density at radius 2 is 1.93 bits per heavy atom. The topological polar surface area (TPSA) is 96.8 Å². The average molecular weight is 449 g/mol. The SMILES string of the molecule is CCCc1nc(SCc2nc3cc(S(=O)(=O)N4CCCCC4)ccc3n2CC)n[nH]1. The fourth-order valence-electron chi connectivity index (χ4n) is 3.86. The van der Waals surface area contributed by atoms with E-state index in [-0.39, 0.29) is 0 Å². The summed E-state index contributed by atoms with van der Waals surface area (Å²) in [5.41, 5.74) is 1.67. The van der Waals surface area contributed by atoms with Crippen molar-refractivity contribution in [2.75, 3.05) is 13.1 Å². The number of hydrogen-bond donors (Lipinski definition) is 1. The highest BCUT2D eigenvalue weighted by molar-refractivity contribution is 7.98. The number of imidazole rings is 1. The number of H-pyrrole nitrogens is 1. The Morgan fingerprint density at radius 1 is 1.13 bits per heavy atom. The van der Waals surface area contributed by atoms with E-state index < -0.39 is 10.0 Å². The number of sulfonamides is 1. The second-order valence-electron chi connectivity index (χ2n) is 7.49. The van der Waals surface area contributed by atoms with Gasteiger partial charge in [0.15, 0.2) is 0 Å². The summed E-state index contributed by atoms with van der Waals surface area (Å²) in [5.74, 6) is 2.42. The average Bonchev–Trinajstić information content (AvgIpc) is 3.36. The molecule has 0 amide bonds. The van der Waals surface area contributed by atoms with E-state index >= 15 is 0 Å². The predicted molar refractivity (Wildman–Crippen MR) is 118 cm³/mol. The minimum Gasteiger partial charge on any atom is -0.328 e. The van der Waals surface area contributed by atoms with Crippen LogP contribution in [0.2, 0.25) is 0 Å². The lowest BCUT2D eigenvalue weighted by atomic mass is 10.2. The van der Waals surface area contributed by atoms with Crippen LogP contribution in [0.3, 0.4) is 0 Å². The number of nitrogens with one attached hydrogen (secondary N) is 1. The van der Waals surface area contributed by atoms with Gasteiger partial charge >= 0.3 is 0 Å². The number of aromatic nitrogens is 5. The number of aryl methyl sites for hydroxylation is 2. The largest absolute Gasteiger partial charge is 0.328 e. The second-order valence-corrected chi connectivity index (χ2v) is 10.4. The van der Waals surface area contributed by atoms with Gasteiger partial charge in [0.05, 0.1) is 21.7 Å². The predicted octanol–water partition coefficient (Wildman–Crippen LogP) is 3.59. The van der Waals surface area contributed by atoms with E-state index in [9.17, 15) is 8.42 Å². The van der Waals surface area contributed by atoms with Crippen LogP contribution in [0.25, 0.3) is 11.0 Å². The smallest absolute Gasteiger partial charge is 0.243 e. The van der Waals surface area contributed by atoms with Gasteiger partial charge in [0.1, 0.15) is 11.6 Å². The molecule has 2 aromatic heterocycles. The molecule has 1 saturated heterocycles. The van der Waals surface area contributed by atoms with Gasteiger partial charge in [0.2, 0.25) is 15.2 Å². The molecule has 1 N–H and O–H groups in total. The molecule has 0 bridgehead atoms. The van der Waals surface area contributed by atoms with Crippen molar-refractivity contribution >= 4 is 32.8 Å². The van der Waals surface area contributed by atoms with Crippen LogP contribution in [0.5, 0.6) is 0 Å². The standard InChI is InChI=1S/C20H28N6O2S2/c1-3-8-18-22-20(24-23-18)29-14-19-21-16-13-15(9-10-17(16)26(19)4-2)30(27,28)25-11-6-5-7-12-25/h9-10,13H,3-8,11-12,14H2,1-2H3,(H,22,23,24).